The zero-order chi connectivity index (χ0) is 20.2. The Balaban J connectivity index is 3.67. The Morgan fingerprint density at radius 3 is 2.12 bits per heavy atom. The molecule has 0 radical (unpaired) electrons. The topological polar surface area (TPSA) is 47.6 Å². The summed E-state index contributed by atoms with van der Waals surface area (Å²) < 4.78 is 25.6. The van der Waals surface area contributed by atoms with E-state index in [0.29, 0.717) is 12.0 Å². The van der Waals surface area contributed by atoms with Gasteiger partial charge in [-0.25, -0.2) is 4.39 Å². The summed E-state index contributed by atoms with van der Waals surface area (Å²) in [5, 5.41) is 2.62. The van der Waals surface area contributed by atoms with Gasteiger partial charge in [-0.3, -0.25) is 4.79 Å². The van der Waals surface area contributed by atoms with E-state index in [1.165, 1.54) is 6.42 Å². The third-order valence-electron chi connectivity index (χ3n) is 4.36. The molecule has 1 atom stereocenters. The molecule has 0 aliphatic rings. The summed E-state index contributed by atoms with van der Waals surface area (Å²) >= 11 is 0. The fourth-order valence-electron chi connectivity index (χ4n) is 2.36. The highest BCUT2D eigenvalue weighted by molar-refractivity contribution is 5.77. The average Bonchev–Trinajstić information content (AvgIpc) is 2.52. The molecule has 156 valence electrons. The van der Waals surface area contributed by atoms with E-state index in [2.05, 4.69) is 26.1 Å². The molecule has 1 N–H and O–H groups in total. The van der Waals surface area contributed by atoms with Crippen LogP contribution in [0.2, 0.25) is 0 Å². The molecule has 1 unspecified atom stereocenters. The summed E-state index contributed by atoms with van der Waals surface area (Å²) in [4.78, 5) is 11.5. The molecule has 0 aliphatic heterocycles. The van der Waals surface area contributed by atoms with Gasteiger partial charge in [0, 0.05) is 25.7 Å². The van der Waals surface area contributed by atoms with Gasteiger partial charge in [0.1, 0.15) is 6.17 Å². The predicted molar refractivity (Wildman–Crippen MR) is 106 cm³/mol. The molecule has 0 aliphatic carbocycles. The van der Waals surface area contributed by atoms with Crippen LogP contribution in [-0.4, -0.2) is 44.0 Å². The maximum absolute atomic E-state index is 14.3. The number of rotatable bonds is 14. The van der Waals surface area contributed by atoms with Crippen molar-refractivity contribution in [3.8, 4) is 0 Å². The summed E-state index contributed by atoms with van der Waals surface area (Å²) in [7, 11) is 0. The van der Waals surface area contributed by atoms with Gasteiger partial charge in [0.05, 0.1) is 12.1 Å². The minimum atomic E-state index is -1.23. The monoisotopic (exact) mass is 375 g/mol. The number of unbranched alkanes of at least 4 members (excludes halogenated alkanes) is 2. The average molecular weight is 376 g/mol. The quantitative estimate of drug-likeness (QED) is 0.439. The van der Waals surface area contributed by atoms with Crippen molar-refractivity contribution in [1.82, 2.24) is 5.32 Å². The summed E-state index contributed by atoms with van der Waals surface area (Å²) in [5.41, 5.74) is -0.521. The first-order valence-electron chi connectivity index (χ1n) is 10.1. The Bertz CT molecular complexity index is 378. The zero-order valence-corrected chi connectivity index (χ0v) is 18.1. The van der Waals surface area contributed by atoms with Gasteiger partial charge < -0.3 is 14.8 Å². The minimum absolute atomic E-state index is 0.00752. The van der Waals surface area contributed by atoms with E-state index >= 15 is 0 Å². The highest BCUT2D eigenvalue weighted by Crippen LogP contribution is 2.20. The van der Waals surface area contributed by atoms with Gasteiger partial charge in [-0.1, -0.05) is 34.6 Å². The standard InChI is InChI=1S/C21H42FNO3/c1-17(2)19(24)23-16-18(22)21(6,7)26-15-10-8-9-13-25-14-11-12-20(3,4)5/h17-18H,8-16H2,1-7H3,(H,23,24). The number of halogens is 1. The number of ether oxygens (including phenoxy) is 2. The minimum Gasteiger partial charge on any atom is -0.381 e. The Morgan fingerprint density at radius 2 is 1.54 bits per heavy atom. The van der Waals surface area contributed by atoms with E-state index in [1.54, 1.807) is 27.7 Å². The van der Waals surface area contributed by atoms with Gasteiger partial charge in [0.25, 0.3) is 0 Å². The van der Waals surface area contributed by atoms with E-state index in [1.807, 2.05) is 0 Å². The molecular weight excluding hydrogens is 333 g/mol. The number of amides is 1. The number of nitrogens with one attached hydrogen (secondary N) is 1. The summed E-state index contributed by atoms with van der Waals surface area (Å²) in [6.45, 7) is 15.9. The van der Waals surface area contributed by atoms with Crippen LogP contribution in [0.1, 0.15) is 80.6 Å². The second-order valence-electron chi connectivity index (χ2n) is 9.16. The largest absolute Gasteiger partial charge is 0.381 e. The molecule has 0 heterocycles. The fourth-order valence-corrected chi connectivity index (χ4v) is 2.36. The van der Waals surface area contributed by atoms with Crippen molar-refractivity contribution in [2.45, 2.75) is 92.3 Å². The predicted octanol–water partition coefficient (Wildman–Crippen LogP) is 4.91. The maximum atomic E-state index is 14.3. The van der Waals surface area contributed by atoms with Crippen LogP contribution in [0.4, 0.5) is 4.39 Å². The SMILES string of the molecule is CC(C)C(=O)NCC(F)C(C)(C)OCCCCCOCCCC(C)(C)C. The lowest BCUT2D eigenvalue weighted by Crippen LogP contribution is -2.45. The first kappa shape index (κ1) is 25.3. The lowest BCUT2D eigenvalue weighted by Gasteiger charge is -2.29. The Morgan fingerprint density at radius 1 is 0.962 bits per heavy atom. The second kappa shape index (κ2) is 12.7. The van der Waals surface area contributed by atoms with Crippen LogP contribution in [0.3, 0.4) is 0 Å². The number of hydrogen-bond donors (Lipinski definition) is 1. The Hall–Kier alpha value is -0.680. The highest BCUT2D eigenvalue weighted by Gasteiger charge is 2.30. The second-order valence-corrected chi connectivity index (χ2v) is 9.16. The van der Waals surface area contributed by atoms with Crippen molar-refractivity contribution in [1.29, 1.82) is 0 Å². The molecule has 0 bridgehead atoms. The van der Waals surface area contributed by atoms with E-state index < -0.39 is 11.8 Å². The molecule has 0 aromatic carbocycles. The van der Waals surface area contributed by atoms with Crippen molar-refractivity contribution in [3.63, 3.8) is 0 Å². The number of hydrogen-bond acceptors (Lipinski definition) is 3. The van der Waals surface area contributed by atoms with Crippen molar-refractivity contribution in [2.24, 2.45) is 11.3 Å². The number of carbonyl (C=O) groups excluding carboxylic acids is 1. The van der Waals surface area contributed by atoms with Gasteiger partial charge in [0.2, 0.25) is 5.91 Å². The molecule has 0 aromatic heterocycles. The molecule has 26 heavy (non-hydrogen) atoms. The molecule has 0 rings (SSSR count). The van der Waals surface area contributed by atoms with Crippen molar-refractivity contribution < 1.29 is 18.7 Å². The Labute approximate surface area is 160 Å². The highest BCUT2D eigenvalue weighted by atomic mass is 19.1. The van der Waals surface area contributed by atoms with E-state index in [9.17, 15) is 9.18 Å². The van der Waals surface area contributed by atoms with Gasteiger partial charge in [-0.2, -0.15) is 0 Å². The fraction of sp³-hybridized carbons (Fsp3) is 0.952. The van der Waals surface area contributed by atoms with Crippen LogP contribution in [0.25, 0.3) is 0 Å². The molecule has 4 nitrogen and oxygen atoms in total. The van der Waals surface area contributed by atoms with Crippen LogP contribution in [0.5, 0.6) is 0 Å². The van der Waals surface area contributed by atoms with Crippen molar-refractivity contribution in [2.75, 3.05) is 26.4 Å². The van der Waals surface area contributed by atoms with Crippen LogP contribution >= 0.6 is 0 Å². The molecular formula is C21H42FNO3. The molecule has 0 fully saturated rings. The summed E-state index contributed by atoms with van der Waals surface area (Å²) in [5.74, 6) is -0.270. The van der Waals surface area contributed by atoms with Crippen LogP contribution < -0.4 is 5.32 Å². The third kappa shape index (κ3) is 13.5. The van der Waals surface area contributed by atoms with Crippen LogP contribution in [0.15, 0.2) is 0 Å². The number of alkyl halides is 1. The third-order valence-corrected chi connectivity index (χ3v) is 4.36. The van der Waals surface area contributed by atoms with E-state index in [-0.39, 0.29) is 18.4 Å². The van der Waals surface area contributed by atoms with E-state index in [4.69, 9.17) is 9.47 Å². The Kier molecular flexibility index (Phi) is 12.3. The normalized spacial score (nSPS) is 13.9. The lowest BCUT2D eigenvalue weighted by molar-refractivity contribution is -0.125. The molecule has 0 saturated carbocycles. The van der Waals surface area contributed by atoms with Crippen LogP contribution in [-0.2, 0) is 14.3 Å². The first-order valence-corrected chi connectivity index (χ1v) is 10.1. The van der Waals surface area contributed by atoms with Gasteiger partial charge in [-0.05, 0) is 51.4 Å². The molecule has 0 aromatic rings. The van der Waals surface area contributed by atoms with Gasteiger partial charge in [0.15, 0.2) is 0 Å². The van der Waals surface area contributed by atoms with Gasteiger partial charge >= 0.3 is 0 Å². The van der Waals surface area contributed by atoms with Crippen LogP contribution in [0, 0.1) is 11.3 Å². The van der Waals surface area contributed by atoms with Crippen molar-refractivity contribution >= 4 is 5.91 Å². The maximum Gasteiger partial charge on any atom is 0.222 e. The smallest absolute Gasteiger partial charge is 0.222 e. The number of carbonyl (C=O) groups is 1. The summed E-state index contributed by atoms with van der Waals surface area (Å²) in [6.07, 6.45) is 3.96. The summed E-state index contributed by atoms with van der Waals surface area (Å²) in [6, 6.07) is 0. The zero-order valence-electron chi connectivity index (χ0n) is 18.1. The molecule has 5 heteroatoms. The van der Waals surface area contributed by atoms with Gasteiger partial charge in [-0.15, -0.1) is 0 Å². The van der Waals surface area contributed by atoms with Crippen molar-refractivity contribution in [3.05, 3.63) is 0 Å². The molecule has 0 saturated heterocycles. The van der Waals surface area contributed by atoms with E-state index in [0.717, 1.165) is 38.9 Å². The first-order chi connectivity index (χ1) is 12.0. The molecule has 1 amide bonds. The molecule has 0 spiro atoms. The lowest BCUT2D eigenvalue weighted by atomic mass is 9.91.